The molecule has 1 aromatic carbocycles. The van der Waals surface area contributed by atoms with E-state index in [1.54, 1.807) is 18.2 Å². The molecule has 0 spiro atoms. The van der Waals surface area contributed by atoms with Crippen molar-refractivity contribution in [3.63, 3.8) is 0 Å². The normalized spacial score (nSPS) is 12.9. The van der Waals surface area contributed by atoms with Crippen molar-refractivity contribution in [3.8, 4) is 5.75 Å². The van der Waals surface area contributed by atoms with Gasteiger partial charge in [0.15, 0.2) is 0 Å². The minimum Gasteiger partial charge on any atom is -0.489 e. The molecule has 5 nitrogen and oxygen atoms in total. The van der Waals surface area contributed by atoms with Crippen molar-refractivity contribution in [3.05, 3.63) is 28.7 Å². The lowest BCUT2D eigenvalue weighted by atomic mass is 10.3. The van der Waals surface area contributed by atoms with Gasteiger partial charge in [-0.25, -0.2) is 4.79 Å². The molecular formula is C11H14N2O3. The van der Waals surface area contributed by atoms with Gasteiger partial charge in [-0.05, 0) is 18.6 Å². The highest BCUT2D eigenvalue weighted by Crippen LogP contribution is 2.21. The fourth-order valence-corrected chi connectivity index (χ4v) is 1.46. The number of hydrogen-bond donors (Lipinski definition) is 3. The van der Waals surface area contributed by atoms with Crippen LogP contribution in [0.3, 0.4) is 0 Å². The molecular weight excluding hydrogens is 208 g/mol. The van der Waals surface area contributed by atoms with Gasteiger partial charge in [0.1, 0.15) is 17.9 Å². The number of H-pyrrole nitrogens is 2. The minimum atomic E-state index is -0.485. The average Bonchev–Trinajstić information content (AvgIpc) is 2.66. The lowest BCUT2D eigenvalue weighted by Crippen LogP contribution is -2.16. The van der Waals surface area contributed by atoms with Crippen LogP contribution in [0.5, 0.6) is 5.75 Å². The van der Waals surface area contributed by atoms with Crippen molar-refractivity contribution in [1.82, 2.24) is 9.97 Å². The van der Waals surface area contributed by atoms with Crippen molar-refractivity contribution in [2.24, 2.45) is 0 Å². The molecule has 0 aliphatic carbocycles. The van der Waals surface area contributed by atoms with E-state index in [0.717, 1.165) is 0 Å². The number of hydrogen-bond acceptors (Lipinski definition) is 3. The van der Waals surface area contributed by atoms with E-state index in [2.05, 4.69) is 9.97 Å². The Kier molecular flexibility index (Phi) is 2.96. The zero-order valence-electron chi connectivity index (χ0n) is 8.99. The number of aromatic amines is 2. The molecule has 86 valence electrons. The van der Waals surface area contributed by atoms with Gasteiger partial charge in [-0.1, -0.05) is 13.0 Å². The smallest absolute Gasteiger partial charge is 0.323 e. The summed E-state index contributed by atoms with van der Waals surface area (Å²) in [6.45, 7) is 2.11. The standard InChI is InChI=1S/C11H14N2O3/c1-2-7(14)6-16-9-5-3-4-8-10(9)13-11(15)12-8/h3-5,7,14H,2,6H2,1H3,(H2,12,13,15). The largest absolute Gasteiger partial charge is 0.489 e. The summed E-state index contributed by atoms with van der Waals surface area (Å²) in [6.07, 6.45) is 0.153. The molecule has 0 saturated carbocycles. The third-order valence-electron chi connectivity index (χ3n) is 2.42. The monoisotopic (exact) mass is 222 g/mol. The molecule has 16 heavy (non-hydrogen) atoms. The van der Waals surface area contributed by atoms with Gasteiger partial charge in [-0.3, -0.25) is 0 Å². The molecule has 1 heterocycles. The van der Waals surface area contributed by atoms with Crippen LogP contribution in [0.2, 0.25) is 0 Å². The second-order valence-corrected chi connectivity index (χ2v) is 3.63. The number of nitrogens with one attached hydrogen (secondary N) is 2. The van der Waals surface area contributed by atoms with E-state index in [9.17, 15) is 9.90 Å². The maximum absolute atomic E-state index is 11.1. The number of imidazole rings is 1. The van der Waals surface area contributed by atoms with Gasteiger partial charge in [-0.15, -0.1) is 0 Å². The summed E-state index contributed by atoms with van der Waals surface area (Å²) >= 11 is 0. The van der Waals surface area contributed by atoms with E-state index < -0.39 is 6.10 Å². The predicted octanol–water partition coefficient (Wildman–Crippen LogP) is 1.01. The number of aromatic nitrogens is 2. The first-order valence-electron chi connectivity index (χ1n) is 5.22. The lowest BCUT2D eigenvalue weighted by Gasteiger charge is -2.10. The molecule has 0 saturated heterocycles. The first kappa shape index (κ1) is 10.8. The number of aliphatic hydroxyl groups excluding tert-OH is 1. The van der Waals surface area contributed by atoms with Gasteiger partial charge in [0.25, 0.3) is 0 Å². The Balaban J connectivity index is 2.26. The quantitative estimate of drug-likeness (QED) is 0.722. The third-order valence-corrected chi connectivity index (χ3v) is 2.42. The van der Waals surface area contributed by atoms with Gasteiger partial charge >= 0.3 is 5.69 Å². The Morgan fingerprint density at radius 3 is 3.00 bits per heavy atom. The van der Waals surface area contributed by atoms with Crippen LogP contribution in [0.25, 0.3) is 11.0 Å². The summed E-state index contributed by atoms with van der Waals surface area (Å²) in [5.41, 5.74) is 1.08. The second kappa shape index (κ2) is 4.40. The molecule has 2 rings (SSSR count). The van der Waals surface area contributed by atoms with Crippen LogP contribution in [-0.2, 0) is 0 Å². The maximum Gasteiger partial charge on any atom is 0.323 e. The molecule has 3 N–H and O–H groups in total. The maximum atomic E-state index is 11.1. The van der Waals surface area contributed by atoms with Crippen LogP contribution in [0.1, 0.15) is 13.3 Å². The number of aliphatic hydroxyl groups is 1. The van der Waals surface area contributed by atoms with Crippen molar-refractivity contribution < 1.29 is 9.84 Å². The van der Waals surface area contributed by atoms with Crippen LogP contribution in [0, 0.1) is 0 Å². The van der Waals surface area contributed by atoms with Crippen molar-refractivity contribution in [2.75, 3.05) is 6.61 Å². The van der Waals surface area contributed by atoms with E-state index in [0.29, 0.717) is 23.2 Å². The van der Waals surface area contributed by atoms with Crippen molar-refractivity contribution in [1.29, 1.82) is 0 Å². The van der Waals surface area contributed by atoms with Gasteiger partial charge in [-0.2, -0.15) is 0 Å². The van der Waals surface area contributed by atoms with Crippen LogP contribution >= 0.6 is 0 Å². The van der Waals surface area contributed by atoms with E-state index >= 15 is 0 Å². The topological polar surface area (TPSA) is 78.1 Å². The van der Waals surface area contributed by atoms with Gasteiger partial charge < -0.3 is 19.8 Å². The Bertz CT molecular complexity index is 529. The number of fused-ring (bicyclic) bond motifs is 1. The zero-order valence-corrected chi connectivity index (χ0v) is 8.99. The number of para-hydroxylation sites is 1. The molecule has 1 atom stereocenters. The van der Waals surface area contributed by atoms with Crippen molar-refractivity contribution >= 4 is 11.0 Å². The summed E-state index contributed by atoms with van der Waals surface area (Å²) in [4.78, 5) is 16.4. The SMILES string of the molecule is CCC(O)COc1cccc2[nH]c(=O)[nH]c12. The first-order valence-corrected chi connectivity index (χ1v) is 5.22. The van der Waals surface area contributed by atoms with Gasteiger partial charge in [0.2, 0.25) is 0 Å². The summed E-state index contributed by atoms with van der Waals surface area (Å²) in [5.74, 6) is 0.573. The average molecular weight is 222 g/mol. The molecule has 0 aliphatic heterocycles. The minimum absolute atomic E-state index is 0.225. The van der Waals surface area contributed by atoms with E-state index in [1.165, 1.54) is 0 Å². The highest BCUT2D eigenvalue weighted by molar-refractivity contribution is 5.80. The van der Waals surface area contributed by atoms with E-state index in [1.807, 2.05) is 6.92 Å². The van der Waals surface area contributed by atoms with Gasteiger partial charge in [0.05, 0.1) is 11.6 Å². The van der Waals surface area contributed by atoms with Crippen LogP contribution < -0.4 is 10.4 Å². The number of ether oxygens (including phenoxy) is 1. The summed E-state index contributed by atoms with van der Waals surface area (Å²) in [5, 5.41) is 9.39. The fourth-order valence-electron chi connectivity index (χ4n) is 1.46. The number of benzene rings is 1. The fraction of sp³-hybridized carbons (Fsp3) is 0.364. The molecule has 1 unspecified atom stereocenters. The lowest BCUT2D eigenvalue weighted by molar-refractivity contribution is 0.105. The van der Waals surface area contributed by atoms with Gasteiger partial charge in [0, 0.05) is 0 Å². The third kappa shape index (κ3) is 2.09. The number of rotatable bonds is 4. The Hall–Kier alpha value is -1.75. The predicted molar refractivity (Wildman–Crippen MR) is 60.7 cm³/mol. The Morgan fingerprint density at radius 1 is 1.44 bits per heavy atom. The molecule has 2 aromatic rings. The van der Waals surface area contributed by atoms with Crippen LogP contribution in [0.4, 0.5) is 0 Å². The highest BCUT2D eigenvalue weighted by Gasteiger charge is 2.07. The second-order valence-electron chi connectivity index (χ2n) is 3.63. The Labute approximate surface area is 92.1 Å². The van der Waals surface area contributed by atoms with Crippen molar-refractivity contribution in [2.45, 2.75) is 19.4 Å². The summed E-state index contributed by atoms with van der Waals surface area (Å²) in [7, 11) is 0. The van der Waals surface area contributed by atoms with E-state index in [-0.39, 0.29) is 12.3 Å². The molecule has 5 heteroatoms. The molecule has 0 aliphatic rings. The zero-order chi connectivity index (χ0) is 11.5. The molecule has 0 radical (unpaired) electrons. The molecule has 0 amide bonds. The van der Waals surface area contributed by atoms with E-state index in [4.69, 9.17) is 4.74 Å². The summed E-state index contributed by atoms with van der Waals surface area (Å²) in [6, 6.07) is 5.34. The van der Waals surface area contributed by atoms with Crippen LogP contribution in [0.15, 0.2) is 23.0 Å². The highest BCUT2D eigenvalue weighted by atomic mass is 16.5. The Morgan fingerprint density at radius 2 is 2.25 bits per heavy atom. The van der Waals surface area contributed by atoms with Crippen LogP contribution in [-0.4, -0.2) is 27.8 Å². The molecule has 0 fully saturated rings. The first-order chi connectivity index (χ1) is 7.70. The molecule has 1 aromatic heterocycles. The summed E-state index contributed by atoms with van der Waals surface area (Å²) < 4.78 is 5.45. The molecule has 0 bridgehead atoms.